The first kappa shape index (κ1) is 23.7. The molecule has 3 heterocycles. The summed E-state index contributed by atoms with van der Waals surface area (Å²) in [5.74, 6) is -0.296. The van der Waals surface area contributed by atoms with Crippen LogP contribution in [0, 0.1) is 18.7 Å². The monoisotopic (exact) mass is 513 g/mol. The van der Waals surface area contributed by atoms with Crippen LogP contribution in [0.3, 0.4) is 0 Å². The first-order valence-electron chi connectivity index (χ1n) is 11.3. The van der Waals surface area contributed by atoms with E-state index in [0.29, 0.717) is 23.7 Å². The molecule has 1 saturated heterocycles. The van der Waals surface area contributed by atoms with Crippen LogP contribution < -0.4 is 4.90 Å². The van der Waals surface area contributed by atoms with Crippen molar-refractivity contribution in [1.82, 2.24) is 9.29 Å². The van der Waals surface area contributed by atoms with E-state index in [9.17, 15) is 17.6 Å². The van der Waals surface area contributed by atoms with Gasteiger partial charge in [-0.2, -0.15) is 4.31 Å². The van der Waals surface area contributed by atoms with E-state index in [2.05, 4.69) is 0 Å². The largest absolute Gasteiger partial charge is 0.467 e. The molecule has 0 aliphatic carbocycles. The van der Waals surface area contributed by atoms with Gasteiger partial charge in [-0.25, -0.2) is 17.8 Å². The smallest absolute Gasteiger partial charge is 0.243 e. The molecule has 1 aliphatic heterocycles. The summed E-state index contributed by atoms with van der Waals surface area (Å²) in [6.45, 7) is 2.66. The maximum atomic E-state index is 13.7. The number of fused-ring (bicyclic) bond motifs is 1. The van der Waals surface area contributed by atoms with Crippen molar-refractivity contribution in [2.45, 2.75) is 31.2 Å². The number of thiazole rings is 1. The van der Waals surface area contributed by atoms with Crippen molar-refractivity contribution in [3.63, 3.8) is 0 Å². The van der Waals surface area contributed by atoms with Crippen molar-refractivity contribution in [3.8, 4) is 0 Å². The minimum atomic E-state index is -3.75. The number of benzene rings is 2. The third kappa shape index (κ3) is 4.73. The summed E-state index contributed by atoms with van der Waals surface area (Å²) in [5.41, 5.74) is 1.90. The second-order valence-corrected chi connectivity index (χ2v) is 11.5. The number of halogens is 1. The molecule has 35 heavy (non-hydrogen) atoms. The standard InChI is InChI=1S/C25H24FN3O4S2/c1-17-4-2-6-22-23(17)27-25(34-22)29(16-20-5-3-15-33-20)24(30)18-11-13-28(14-12-18)35(31,32)21-9-7-19(26)8-10-21/h2-10,15,18H,11-14,16H2,1H3. The van der Waals surface area contributed by atoms with Gasteiger partial charge in [0.25, 0.3) is 0 Å². The molecule has 0 N–H and O–H groups in total. The van der Waals surface area contributed by atoms with Gasteiger partial charge in [-0.1, -0.05) is 23.5 Å². The average molecular weight is 514 g/mol. The molecule has 182 valence electrons. The number of aryl methyl sites for hydroxylation is 1. The Hall–Kier alpha value is -3.08. The van der Waals surface area contributed by atoms with Gasteiger partial charge in [0.1, 0.15) is 11.6 Å². The molecule has 1 amide bonds. The number of amides is 1. The summed E-state index contributed by atoms with van der Waals surface area (Å²) in [6, 6.07) is 14.3. The van der Waals surface area contributed by atoms with Gasteiger partial charge < -0.3 is 4.42 Å². The van der Waals surface area contributed by atoms with Crippen molar-refractivity contribution < 1.29 is 22.0 Å². The van der Waals surface area contributed by atoms with Crippen LogP contribution in [-0.2, 0) is 21.4 Å². The lowest BCUT2D eigenvalue weighted by Crippen LogP contribution is -2.44. The van der Waals surface area contributed by atoms with Gasteiger partial charge in [0.2, 0.25) is 15.9 Å². The Bertz CT molecular complexity index is 1440. The topological polar surface area (TPSA) is 83.7 Å². The number of aromatic nitrogens is 1. The fourth-order valence-electron chi connectivity index (χ4n) is 4.31. The molecule has 2 aromatic carbocycles. The van der Waals surface area contributed by atoms with E-state index in [1.165, 1.54) is 27.8 Å². The third-order valence-electron chi connectivity index (χ3n) is 6.25. The summed E-state index contributed by atoms with van der Waals surface area (Å²) in [4.78, 5) is 20.1. The molecule has 2 aromatic heterocycles. The van der Waals surface area contributed by atoms with Crippen LogP contribution in [0.5, 0.6) is 0 Å². The highest BCUT2D eigenvalue weighted by atomic mass is 32.2. The van der Waals surface area contributed by atoms with E-state index < -0.39 is 15.8 Å². The lowest BCUT2D eigenvalue weighted by Gasteiger charge is -2.32. The van der Waals surface area contributed by atoms with Crippen LogP contribution in [0.15, 0.2) is 70.2 Å². The number of anilines is 1. The predicted molar refractivity (Wildman–Crippen MR) is 132 cm³/mol. The zero-order valence-electron chi connectivity index (χ0n) is 19.1. The maximum Gasteiger partial charge on any atom is 0.243 e. The quantitative estimate of drug-likeness (QED) is 0.364. The van der Waals surface area contributed by atoms with Crippen molar-refractivity contribution in [1.29, 1.82) is 0 Å². The van der Waals surface area contributed by atoms with Crippen LogP contribution in [-0.4, -0.2) is 36.7 Å². The average Bonchev–Trinajstić information content (AvgIpc) is 3.53. The van der Waals surface area contributed by atoms with Gasteiger partial charge in [-0.3, -0.25) is 9.69 Å². The third-order valence-corrected chi connectivity index (χ3v) is 9.21. The van der Waals surface area contributed by atoms with Crippen molar-refractivity contribution in [3.05, 3.63) is 78.0 Å². The second kappa shape index (κ2) is 9.52. The minimum Gasteiger partial charge on any atom is -0.467 e. The van der Waals surface area contributed by atoms with Gasteiger partial charge in [0.05, 0.1) is 27.9 Å². The van der Waals surface area contributed by atoms with Crippen molar-refractivity contribution in [2.24, 2.45) is 5.92 Å². The molecule has 1 aliphatic rings. The Morgan fingerprint density at radius 2 is 1.89 bits per heavy atom. The molecule has 0 unspecified atom stereocenters. The number of sulfonamides is 1. The lowest BCUT2D eigenvalue weighted by atomic mass is 9.96. The van der Waals surface area contributed by atoms with Crippen molar-refractivity contribution >= 4 is 42.6 Å². The van der Waals surface area contributed by atoms with Crippen LogP contribution >= 0.6 is 11.3 Å². The van der Waals surface area contributed by atoms with E-state index in [0.717, 1.165) is 27.9 Å². The Balaban J connectivity index is 1.36. The number of hydrogen-bond donors (Lipinski definition) is 0. The van der Waals surface area contributed by atoms with Gasteiger partial charge in [-0.05, 0) is 67.8 Å². The highest BCUT2D eigenvalue weighted by Gasteiger charge is 2.35. The number of rotatable bonds is 6. The van der Waals surface area contributed by atoms with Gasteiger partial charge in [0, 0.05) is 19.0 Å². The van der Waals surface area contributed by atoms with E-state index in [4.69, 9.17) is 9.40 Å². The number of nitrogens with zero attached hydrogens (tertiary/aromatic N) is 3. The summed E-state index contributed by atoms with van der Waals surface area (Å²) >= 11 is 1.45. The van der Waals surface area contributed by atoms with Crippen LogP contribution in [0.25, 0.3) is 10.2 Å². The van der Waals surface area contributed by atoms with E-state index in [-0.39, 0.29) is 36.4 Å². The minimum absolute atomic E-state index is 0.0490. The molecule has 0 atom stereocenters. The summed E-state index contributed by atoms with van der Waals surface area (Å²) in [5, 5.41) is 0.595. The molecular formula is C25H24FN3O4S2. The Kier molecular flexibility index (Phi) is 6.43. The van der Waals surface area contributed by atoms with E-state index >= 15 is 0 Å². The Morgan fingerprint density at radius 3 is 2.54 bits per heavy atom. The SMILES string of the molecule is Cc1cccc2sc(N(Cc3ccco3)C(=O)C3CCN(S(=O)(=O)c4ccc(F)cc4)CC3)nc12. The highest BCUT2D eigenvalue weighted by molar-refractivity contribution is 7.89. The fraction of sp³-hybridized carbons (Fsp3) is 0.280. The lowest BCUT2D eigenvalue weighted by molar-refractivity contribution is -0.123. The molecule has 0 bridgehead atoms. The van der Waals surface area contributed by atoms with Crippen LogP contribution in [0.4, 0.5) is 9.52 Å². The number of para-hydroxylation sites is 1. The number of hydrogen-bond acceptors (Lipinski definition) is 6. The normalized spacial score (nSPS) is 15.5. The first-order valence-corrected chi connectivity index (χ1v) is 13.5. The number of furan rings is 1. The molecule has 1 fully saturated rings. The Morgan fingerprint density at radius 1 is 1.14 bits per heavy atom. The van der Waals surface area contributed by atoms with Gasteiger partial charge >= 0.3 is 0 Å². The van der Waals surface area contributed by atoms with Gasteiger partial charge in [-0.15, -0.1) is 0 Å². The second-order valence-electron chi connectivity index (χ2n) is 8.55. The molecule has 0 radical (unpaired) electrons. The maximum absolute atomic E-state index is 13.7. The summed E-state index contributed by atoms with van der Waals surface area (Å²) < 4.78 is 47.0. The van der Waals surface area contributed by atoms with Crippen LogP contribution in [0.2, 0.25) is 0 Å². The predicted octanol–water partition coefficient (Wildman–Crippen LogP) is 4.97. The zero-order valence-corrected chi connectivity index (χ0v) is 20.7. The van der Waals surface area contributed by atoms with Crippen molar-refractivity contribution in [2.75, 3.05) is 18.0 Å². The molecule has 7 nitrogen and oxygen atoms in total. The summed E-state index contributed by atoms with van der Waals surface area (Å²) in [6.07, 6.45) is 2.34. The molecular weight excluding hydrogens is 489 g/mol. The van der Waals surface area contributed by atoms with Crippen LogP contribution in [0.1, 0.15) is 24.2 Å². The Labute approximate surface area is 206 Å². The van der Waals surface area contributed by atoms with E-state index in [1.807, 2.05) is 31.2 Å². The van der Waals surface area contributed by atoms with Gasteiger partial charge in [0.15, 0.2) is 5.13 Å². The number of carbonyl (C=O) groups excluding carboxylic acids is 1. The molecule has 0 saturated carbocycles. The van der Waals surface area contributed by atoms with E-state index in [1.54, 1.807) is 17.2 Å². The fourth-order valence-corrected chi connectivity index (χ4v) is 6.83. The zero-order chi connectivity index (χ0) is 24.6. The first-order chi connectivity index (χ1) is 16.8. The highest BCUT2D eigenvalue weighted by Crippen LogP contribution is 2.34. The summed E-state index contributed by atoms with van der Waals surface area (Å²) in [7, 11) is -3.75. The molecule has 0 spiro atoms. The molecule has 10 heteroatoms. The molecule has 5 rings (SSSR count). The molecule has 4 aromatic rings. The number of carbonyl (C=O) groups is 1. The number of piperidine rings is 1.